The second kappa shape index (κ2) is 8.68. The molecule has 0 saturated carbocycles. The van der Waals surface area contributed by atoms with Gasteiger partial charge >= 0.3 is 0 Å². The minimum absolute atomic E-state index is 0.201. The van der Waals surface area contributed by atoms with E-state index in [1.54, 1.807) is 23.9 Å². The van der Waals surface area contributed by atoms with E-state index in [4.69, 9.17) is 0 Å². The molecule has 0 radical (unpaired) electrons. The van der Waals surface area contributed by atoms with Gasteiger partial charge in [0.05, 0.1) is 6.54 Å². The van der Waals surface area contributed by atoms with Crippen LogP contribution in [0.1, 0.15) is 12.5 Å². The van der Waals surface area contributed by atoms with Crippen molar-refractivity contribution in [3.63, 3.8) is 0 Å². The second-order valence-corrected chi connectivity index (χ2v) is 5.92. The van der Waals surface area contributed by atoms with E-state index < -0.39 is 0 Å². The van der Waals surface area contributed by atoms with Gasteiger partial charge in [-0.1, -0.05) is 0 Å². The van der Waals surface area contributed by atoms with Crippen LogP contribution in [-0.2, 0) is 6.42 Å². The fourth-order valence-corrected chi connectivity index (χ4v) is 2.54. The number of thioether (sulfide) groups is 1. The van der Waals surface area contributed by atoms with Gasteiger partial charge in [-0.3, -0.25) is 4.99 Å². The Kier molecular flexibility index (Phi) is 6.58. The van der Waals surface area contributed by atoms with Crippen LogP contribution in [0.25, 0.3) is 10.9 Å². The van der Waals surface area contributed by atoms with E-state index in [1.165, 1.54) is 6.07 Å². The number of hydrogen-bond donors (Lipinski definition) is 3. The Morgan fingerprint density at radius 2 is 2.23 bits per heavy atom. The molecule has 0 unspecified atom stereocenters. The van der Waals surface area contributed by atoms with Gasteiger partial charge < -0.3 is 15.6 Å². The number of halogens is 1. The SMILES string of the molecule is CCNC(=NCCSC)NCCc1c[nH]c2ccc(F)cc12. The first-order valence-corrected chi connectivity index (χ1v) is 8.90. The summed E-state index contributed by atoms with van der Waals surface area (Å²) in [7, 11) is 0. The highest BCUT2D eigenvalue weighted by molar-refractivity contribution is 7.98. The molecule has 0 fully saturated rings. The summed E-state index contributed by atoms with van der Waals surface area (Å²) < 4.78 is 13.4. The number of rotatable bonds is 7. The third-order valence-electron chi connectivity index (χ3n) is 3.33. The summed E-state index contributed by atoms with van der Waals surface area (Å²) in [6.45, 7) is 4.45. The maximum atomic E-state index is 13.4. The highest BCUT2D eigenvalue weighted by Gasteiger charge is 2.05. The highest BCUT2D eigenvalue weighted by Crippen LogP contribution is 2.19. The van der Waals surface area contributed by atoms with Crippen LogP contribution in [0.3, 0.4) is 0 Å². The molecule has 0 aliphatic carbocycles. The second-order valence-electron chi connectivity index (χ2n) is 4.93. The van der Waals surface area contributed by atoms with Crippen LogP contribution in [0.15, 0.2) is 29.4 Å². The van der Waals surface area contributed by atoms with Gasteiger partial charge in [-0.25, -0.2) is 4.39 Å². The van der Waals surface area contributed by atoms with E-state index in [0.717, 1.165) is 54.2 Å². The molecule has 3 N–H and O–H groups in total. The van der Waals surface area contributed by atoms with E-state index in [9.17, 15) is 4.39 Å². The molecule has 2 aromatic rings. The largest absolute Gasteiger partial charge is 0.361 e. The van der Waals surface area contributed by atoms with E-state index in [-0.39, 0.29) is 5.82 Å². The molecule has 2 rings (SSSR count). The number of aromatic amines is 1. The van der Waals surface area contributed by atoms with Gasteiger partial charge in [0.2, 0.25) is 0 Å². The quantitative estimate of drug-likeness (QED) is 0.417. The van der Waals surface area contributed by atoms with Gasteiger partial charge in [0, 0.05) is 35.9 Å². The summed E-state index contributed by atoms with van der Waals surface area (Å²) >= 11 is 1.78. The number of aromatic nitrogens is 1. The number of H-pyrrole nitrogens is 1. The van der Waals surface area contributed by atoms with Crippen molar-refractivity contribution in [2.24, 2.45) is 4.99 Å². The number of fused-ring (bicyclic) bond motifs is 1. The molecule has 6 heteroatoms. The predicted molar refractivity (Wildman–Crippen MR) is 94.3 cm³/mol. The Hall–Kier alpha value is -1.69. The van der Waals surface area contributed by atoms with E-state index >= 15 is 0 Å². The first-order valence-electron chi connectivity index (χ1n) is 7.51. The molecular weight excluding hydrogens is 299 g/mol. The van der Waals surface area contributed by atoms with E-state index in [2.05, 4.69) is 26.9 Å². The molecule has 0 aliphatic rings. The van der Waals surface area contributed by atoms with Crippen molar-refractivity contribution in [1.29, 1.82) is 0 Å². The van der Waals surface area contributed by atoms with Crippen LogP contribution in [0, 0.1) is 5.82 Å². The molecule has 120 valence electrons. The molecule has 1 aromatic carbocycles. The van der Waals surface area contributed by atoms with Crippen LogP contribution in [0.2, 0.25) is 0 Å². The third-order valence-corrected chi connectivity index (χ3v) is 3.92. The molecule has 0 saturated heterocycles. The third kappa shape index (κ3) is 4.66. The molecule has 1 heterocycles. The zero-order valence-electron chi connectivity index (χ0n) is 13.1. The Labute approximate surface area is 135 Å². The summed E-state index contributed by atoms with van der Waals surface area (Å²) in [4.78, 5) is 7.68. The predicted octanol–water partition coefficient (Wildman–Crippen LogP) is 2.77. The fraction of sp³-hybridized carbons (Fsp3) is 0.438. The monoisotopic (exact) mass is 322 g/mol. The summed E-state index contributed by atoms with van der Waals surface area (Å²) in [6.07, 6.45) is 4.84. The summed E-state index contributed by atoms with van der Waals surface area (Å²) in [5.41, 5.74) is 2.08. The van der Waals surface area contributed by atoms with Crippen molar-refractivity contribution in [3.8, 4) is 0 Å². The van der Waals surface area contributed by atoms with Crippen molar-refractivity contribution >= 4 is 28.6 Å². The Morgan fingerprint density at radius 3 is 3.00 bits per heavy atom. The van der Waals surface area contributed by atoms with E-state index in [1.807, 2.05) is 13.1 Å². The molecule has 0 amide bonds. The lowest BCUT2D eigenvalue weighted by Crippen LogP contribution is -2.38. The molecule has 22 heavy (non-hydrogen) atoms. The maximum Gasteiger partial charge on any atom is 0.191 e. The van der Waals surface area contributed by atoms with Crippen LogP contribution in [0.5, 0.6) is 0 Å². The smallest absolute Gasteiger partial charge is 0.191 e. The number of nitrogens with zero attached hydrogens (tertiary/aromatic N) is 1. The lowest BCUT2D eigenvalue weighted by atomic mass is 10.1. The molecule has 0 aliphatic heterocycles. The van der Waals surface area contributed by atoms with Crippen LogP contribution >= 0.6 is 11.8 Å². The van der Waals surface area contributed by atoms with Crippen LogP contribution in [-0.4, -0.2) is 42.6 Å². The number of benzene rings is 1. The molecular formula is C16H23FN4S. The van der Waals surface area contributed by atoms with Crippen LogP contribution < -0.4 is 10.6 Å². The van der Waals surface area contributed by atoms with Gasteiger partial charge in [0.25, 0.3) is 0 Å². The zero-order valence-corrected chi connectivity index (χ0v) is 13.9. The molecule has 0 bridgehead atoms. The molecule has 4 nitrogen and oxygen atoms in total. The van der Waals surface area contributed by atoms with Crippen LogP contribution in [0.4, 0.5) is 4.39 Å². The van der Waals surface area contributed by atoms with E-state index in [0.29, 0.717) is 0 Å². The van der Waals surface area contributed by atoms with Crippen molar-refractivity contribution in [1.82, 2.24) is 15.6 Å². The Morgan fingerprint density at radius 1 is 1.36 bits per heavy atom. The topological polar surface area (TPSA) is 52.2 Å². The number of guanidine groups is 1. The normalized spacial score (nSPS) is 11.9. The maximum absolute atomic E-state index is 13.4. The van der Waals surface area contributed by atoms with Crippen molar-refractivity contribution in [2.45, 2.75) is 13.3 Å². The molecule has 1 aromatic heterocycles. The summed E-state index contributed by atoms with van der Waals surface area (Å²) in [6, 6.07) is 4.83. The average Bonchev–Trinajstić information content (AvgIpc) is 2.90. The summed E-state index contributed by atoms with van der Waals surface area (Å²) in [5, 5.41) is 7.50. The molecule has 0 spiro atoms. The van der Waals surface area contributed by atoms with Gasteiger partial charge in [-0.05, 0) is 43.4 Å². The number of nitrogens with one attached hydrogen (secondary N) is 3. The van der Waals surface area contributed by atoms with Gasteiger partial charge in [0.15, 0.2) is 5.96 Å². The Bertz CT molecular complexity index is 624. The first kappa shape index (κ1) is 16.7. The van der Waals surface area contributed by atoms with Gasteiger partial charge in [-0.2, -0.15) is 11.8 Å². The van der Waals surface area contributed by atoms with Gasteiger partial charge in [-0.15, -0.1) is 0 Å². The number of aliphatic imine (C=N–C) groups is 1. The minimum atomic E-state index is -0.201. The minimum Gasteiger partial charge on any atom is -0.361 e. The van der Waals surface area contributed by atoms with Crippen molar-refractivity contribution in [3.05, 3.63) is 35.8 Å². The first-order chi connectivity index (χ1) is 10.7. The standard InChI is InChI=1S/C16H23FN4S/c1-3-18-16(20-8-9-22-2)19-7-6-12-11-21-15-5-4-13(17)10-14(12)15/h4-5,10-11,21H,3,6-9H2,1-2H3,(H2,18,19,20). The highest BCUT2D eigenvalue weighted by atomic mass is 32.2. The average molecular weight is 322 g/mol. The lowest BCUT2D eigenvalue weighted by molar-refractivity contribution is 0.629. The molecule has 0 atom stereocenters. The number of hydrogen-bond acceptors (Lipinski definition) is 2. The fourth-order valence-electron chi connectivity index (χ4n) is 2.26. The van der Waals surface area contributed by atoms with Crippen molar-refractivity contribution in [2.75, 3.05) is 31.6 Å². The summed E-state index contributed by atoms with van der Waals surface area (Å²) in [5.74, 6) is 1.65. The lowest BCUT2D eigenvalue weighted by Gasteiger charge is -2.10. The van der Waals surface area contributed by atoms with Crippen molar-refractivity contribution < 1.29 is 4.39 Å². The van der Waals surface area contributed by atoms with Gasteiger partial charge in [0.1, 0.15) is 5.82 Å². The zero-order chi connectivity index (χ0) is 15.8. The Balaban J connectivity index is 1.93.